The second kappa shape index (κ2) is 3.56. The van der Waals surface area contributed by atoms with Crippen LogP contribution in [0.5, 0.6) is 0 Å². The lowest BCUT2D eigenvalue weighted by molar-refractivity contribution is -0.171. The molecule has 2 bridgehead atoms. The van der Waals surface area contributed by atoms with Crippen LogP contribution in [-0.4, -0.2) is 35.1 Å². The minimum absolute atomic E-state index is 0.0790. The smallest absolute Gasteiger partial charge is 0.153 e. The van der Waals surface area contributed by atoms with Crippen molar-refractivity contribution in [2.24, 2.45) is 5.92 Å². The summed E-state index contributed by atoms with van der Waals surface area (Å²) >= 11 is 0. The van der Waals surface area contributed by atoms with Crippen LogP contribution in [0.3, 0.4) is 0 Å². The highest BCUT2D eigenvalue weighted by Gasteiger charge is 2.40. The van der Waals surface area contributed by atoms with Crippen molar-refractivity contribution in [3.05, 3.63) is 0 Å². The molecule has 1 aliphatic carbocycles. The van der Waals surface area contributed by atoms with Crippen LogP contribution in [0.4, 0.5) is 0 Å². The van der Waals surface area contributed by atoms with Gasteiger partial charge in [-0.15, -0.1) is 0 Å². The Bertz CT molecular complexity index is 184. The Morgan fingerprint density at radius 1 is 1.38 bits per heavy atom. The van der Waals surface area contributed by atoms with Gasteiger partial charge in [-0.1, -0.05) is 0 Å². The van der Waals surface area contributed by atoms with E-state index in [-0.39, 0.29) is 6.23 Å². The molecule has 2 fully saturated rings. The number of ether oxygens (including phenoxy) is 1. The van der Waals surface area contributed by atoms with Crippen molar-refractivity contribution < 1.29 is 9.84 Å². The highest BCUT2D eigenvalue weighted by Crippen LogP contribution is 2.38. The fourth-order valence-corrected chi connectivity index (χ4v) is 2.77. The molecule has 1 aliphatic heterocycles. The minimum atomic E-state index is -0.644. The zero-order valence-electron chi connectivity index (χ0n) is 8.44. The topological polar surface area (TPSA) is 32.7 Å². The Kier molecular flexibility index (Phi) is 2.58. The van der Waals surface area contributed by atoms with E-state index in [9.17, 15) is 0 Å². The van der Waals surface area contributed by atoms with Gasteiger partial charge in [0.15, 0.2) is 6.29 Å². The van der Waals surface area contributed by atoms with E-state index >= 15 is 0 Å². The highest BCUT2D eigenvalue weighted by atomic mass is 16.6. The van der Waals surface area contributed by atoms with E-state index in [4.69, 9.17) is 9.84 Å². The molecule has 13 heavy (non-hydrogen) atoms. The van der Waals surface area contributed by atoms with Crippen LogP contribution in [-0.2, 0) is 4.74 Å². The first-order chi connectivity index (χ1) is 6.16. The molecule has 1 N–H and O–H groups in total. The van der Waals surface area contributed by atoms with Crippen molar-refractivity contribution in [2.75, 3.05) is 6.54 Å². The van der Waals surface area contributed by atoms with Crippen LogP contribution < -0.4 is 0 Å². The molecule has 0 radical (unpaired) electrons. The molecular weight excluding hydrogens is 166 g/mol. The Labute approximate surface area is 79.7 Å². The Morgan fingerprint density at radius 2 is 2.15 bits per heavy atom. The van der Waals surface area contributed by atoms with E-state index in [0.717, 1.165) is 12.0 Å². The van der Waals surface area contributed by atoms with Crippen LogP contribution in [0.2, 0.25) is 0 Å². The average Bonchev–Trinajstić information content (AvgIpc) is 2.62. The summed E-state index contributed by atoms with van der Waals surface area (Å²) < 4.78 is 5.37. The summed E-state index contributed by atoms with van der Waals surface area (Å²) in [7, 11) is 0. The summed E-state index contributed by atoms with van der Waals surface area (Å²) in [5.74, 6) is 0.894. The van der Waals surface area contributed by atoms with Gasteiger partial charge in [-0.05, 0) is 39.0 Å². The molecule has 4 atom stereocenters. The predicted octanol–water partition coefficient (Wildman–Crippen LogP) is 1.17. The predicted molar refractivity (Wildman–Crippen MR) is 50.1 cm³/mol. The first-order valence-corrected chi connectivity index (χ1v) is 5.26. The van der Waals surface area contributed by atoms with Crippen LogP contribution in [0.15, 0.2) is 0 Å². The first kappa shape index (κ1) is 9.44. The van der Waals surface area contributed by atoms with Crippen molar-refractivity contribution in [1.82, 2.24) is 4.90 Å². The third kappa shape index (κ3) is 1.87. The van der Waals surface area contributed by atoms with Crippen molar-refractivity contribution >= 4 is 0 Å². The molecule has 0 aromatic carbocycles. The number of likely N-dealkylation sites (tertiary alicyclic amines) is 1. The fraction of sp³-hybridized carbons (Fsp3) is 1.00. The van der Waals surface area contributed by atoms with Crippen LogP contribution in [0.25, 0.3) is 0 Å². The summed E-state index contributed by atoms with van der Waals surface area (Å²) in [4.78, 5) is 2.39. The summed E-state index contributed by atoms with van der Waals surface area (Å²) in [6, 6.07) is 0.721. The van der Waals surface area contributed by atoms with E-state index in [1.165, 1.54) is 25.8 Å². The maximum Gasteiger partial charge on any atom is 0.153 e. The summed E-state index contributed by atoms with van der Waals surface area (Å²) in [6.07, 6.45) is 3.48. The van der Waals surface area contributed by atoms with E-state index < -0.39 is 6.29 Å². The number of fused-ring (bicyclic) bond motifs is 2. The molecule has 1 saturated heterocycles. The molecule has 1 heterocycles. The molecule has 3 nitrogen and oxygen atoms in total. The molecule has 0 aromatic rings. The van der Waals surface area contributed by atoms with Crippen molar-refractivity contribution in [3.8, 4) is 0 Å². The molecule has 2 aliphatic rings. The zero-order valence-corrected chi connectivity index (χ0v) is 8.44. The zero-order chi connectivity index (χ0) is 9.42. The van der Waals surface area contributed by atoms with E-state index in [1.54, 1.807) is 6.92 Å². The molecule has 1 saturated carbocycles. The molecule has 0 aromatic heterocycles. The molecule has 4 unspecified atom stereocenters. The number of aliphatic hydroxyl groups is 1. The quantitative estimate of drug-likeness (QED) is 0.670. The van der Waals surface area contributed by atoms with Crippen LogP contribution in [0, 0.1) is 5.92 Å². The Morgan fingerprint density at radius 3 is 2.62 bits per heavy atom. The van der Waals surface area contributed by atoms with E-state index in [1.807, 2.05) is 6.92 Å². The van der Waals surface area contributed by atoms with Gasteiger partial charge in [0, 0.05) is 12.6 Å². The largest absolute Gasteiger partial charge is 0.368 e. The molecule has 2 rings (SSSR count). The highest BCUT2D eigenvalue weighted by molar-refractivity contribution is 4.92. The van der Waals surface area contributed by atoms with Gasteiger partial charge in [-0.25, -0.2) is 0 Å². The standard InChI is InChI=1S/C10H19NO2/c1-7(13-8(2)12)11-6-9-3-4-10(11)5-9/h7-10,12H,3-6H2,1-2H3. The number of nitrogens with zero attached hydrogens (tertiary/aromatic N) is 1. The van der Waals surface area contributed by atoms with Gasteiger partial charge < -0.3 is 9.84 Å². The number of rotatable bonds is 3. The average molecular weight is 185 g/mol. The Balaban J connectivity index is 1.87. The lowest BCUT2D eigenvalue weighted by Gasteiger charge is -2.33. The van der Waals surface area contributed by atoms with E-state index in [2.05, 4.69) is 4.90 Å². The second-order valence-electron chi connectivity index (χ2n) is 4.36. The van der Waals surface area contributed by atoms with Crippen molar-refractivity contribution in [2.45, 2.75) is 51.7 Å². The van der Waals surface area contributed by atoms with Gasteiger partial charge in [-0.3, -0.25) is 4.90 Å². The third-order valence-corrected chi connectivity index (χ3v) is 3.31. The van der Waals surface area contributed by atoms with Crippen molar-refractivity contribution in [3.63, 3.8) is 0 Å². The van der Waals surface area contributed by atoms with Gasteiger partial charge in [0.1, 0.15) is 6.23 Å². The lowest BCUT2D eigenvalue weighted by atomic mass is 10.1. The molecule has 76 valence electrons. The fourth-order valence-electron chi connectivity index (χ4n) is 2.77. The molecule has 3 heteroatoms. The van der Waals surface area contributed by atoms with Gasteiger partial charge in [0.25, 0.3) is 0 Å². The molecule has 0 spiro atoms. The normalized spacial score (nSPS) is 38.1. The maximum absolute atomic E-state index is 9.10. The van der Waals surface area contributed by atoms with Gasteiger partial charge in [0.2, 0.25) is 0 Å². The van der Waals surface area contributed by atoms with Gasteiger partial charge >= 0.3 is 0 Å². The number of hydrogen-bond acceptors (Lipinski definition) is 3. The van der Waals surface area contributed by atoms with Crippen LogP contribution >= 0.6 is 0 Å². The molecule has 0 amide bonds. The van der Waals surface area contributed by atoms with Gasteiger partial charge in [-0.2, -0.15) is 0 Å². The molecular formula is C10H19NO2. The summed E-state index contributed by atoms with van der Waals surface area (Å²) in [5.41, 5.74) is 0. The number of hydrogen-bond donors (Lipinski definition) is 1. The summed E-state index contributed by atoms with van der Waals surface area (Å²) in [6.45, 7) is 4.87. The number of aliphatic hydroxyl groups excluding tert-OH is 1. The second-order valence-corrected chi connectivity index (χ2v) is 4.36. The van der Waals surface area contributed by atoms with E-state index in [0.29, 0.717) is 0 Å². The number of piperidine rings is 1. The maximum atomic E-state index is 9.10. The summed E-state index contributed by atoms with van der Waals surface area (Å²) in [5, 5.41) is 9.10. The van der Waals surface area contributed by atoms with Crippen molar-refractivity contribution in [1.29, 1.82) is 0 Å². The monoisotopic (exact) mass is 185 g/mol. The lowest BCUT2D eigenvalue weighted by Crippen LogP contribution is -2.42. The third-order valence-electron chi connectivity index (χ3n) is 3.31. The first-order valence-electron chi connectivity index (χ1n) is 5.26. The SMILES string of the molecule is CC(O)OC(C)N1CC2CCC1C2. The van der Waals surface area contributed by atoms with Gasteiger partial charge in [0.05, 0.1) is 0 Å². The van der Waals surface area contributed by atoms with Crippen LogP contribution in [0.1, 0.15) is 33.1 Å². The minimum Gasteiger partial charge on any atom is -0.368 e. The Hall–Kier alpha value is -0.120.